The summed E-state index contributed by atoms with van der Waals surface area (Å²) in [4.78, 5) is 6.52. The van der Waals surface area contributed by atoms with Crippen LogP contribution in [0.1, 0.15) is 5.56 Å². The van der Waals surface area contributed by atoms with Gasteiger partial charge in [0, 0.05) is 23.2 Å². The summed E-state index contributed by atoms with van der Waals surface area (Å²) in [5.74, 6) is 0.190. The number of hydrogen-bond acceptors (Lipinski definition) is 3. The highest BCUT2D eigenvalue weighted by molar-refractivity contribution is 5.91. The second-order valence-corrected chi connectivity index (χ2v) is 6.32. The maximum Gasteiger partial charge on any atom is 0.148 e. The molecule has 3 heteroatoms. The van der Waals surface area contributed by atoms with Gasteiger partial charge in [0.1, 0.15) is 5.75 Å². The number of benzene rings is 4. The van der Waals surface area contributed by atoms with Gasteiger partial charge < -0.3 is 10.0 Å². The monoisotopic (exact) mass is 364 g/mol. The first-order chi connectivity index (χ1) is 13.8. The predicted molar refractivity (Wildman–Crippen MR) is 116 cm³/mol. The standard InChI is InChI=1S/C25H20N2O/c28-25-20(19-26-21-12-4-1-5-13-21)11-10-18-24(25)27(22-14-6-2-7-15-22)23-16-8-3-9-17-23/h1-19,28H. The molecule has 0 aromatic heterocycles. The van der Waals surface area contributed by atoms with Crippen molar-refractivity contribution in [3.05, 3.63) is 115 Å². The second-order valence-electron chi connectivity index (χ2n) is 6.32. The molecule has 0 atom stereocenters. The van der Waals surface area contributed by atoms with Gasteiger partial charge in [-0.05, 0) is 48.5 Å². The number of anilines is 3. The molecule has 1 N–H and O–H groups in total. The van der Waals surface area contributed by atoms with Gasteiger partial charge in [-0.25, -0.2) is 0 Å². The minimum absolute atomic E-state index is 0.190. The molecule has 0 fully saturated rings. The SMILES string of the molecule is Oc1c(C=Nc2ccccc2)cccc1N(c1ccccc1)c1ccccc1. The number of nitrogens with zero attached hydrogens (tertiary/aromatic N) is 2. The Kier molecular flexibility index (Phi) is 5.16. The Labute approximate surface area is 164 Å². The van der Waals surface area contributed by atoms with Crippen LogP contribution < -0.4 is 4.90 Å². The molecule has 0 amide bonds. The highest BCUT2D eigenvalue weighted by atomic mass is 16.3. The first-order valence-corrected chi connectivity index (χ1v) is 9.14. The third-order valence-corrected chi connectivity index (χ3v) is 4.42. The van der Waals surface area contributed by atoms with E-state index in [-0.39, 0.29) is 5.75 Å². The predicted octanol–water partition coefficient (Wildman–Crippen LogP) is 6.61. The summed E-state index contributed by atoms with van der Waals surface area (Å²) in [7, 11) is 0. The number of phenols is 1. The summed E-state index contributed by atoms with van der Waals surface area (Å²) in [5.41, 5.74) is 4.16. The third kappa shape index (κ3) is 3.79. The number of hydrogen-bond donors (Lipinski definition) is 1. The molecular weight excluding hydrogens is 344 g/mol. The molecule has 4 aromatic carbocycles. The van der Waals surface area contributed by atoms with Gasteiger partial charge in [0.2, 0.25) is 0 Å². The maximum atomic E-state index is 11.0. The first-order valence-electron chi connectivity index (χ1n) is 9.14. The highest BCUT2D eigenvalue weighted by Gasteiger charge is 2.17. The fraction of sp³-hybridized carbons (Fsp3) is 0. The van der Waals surface area contributed by atoms with E-state index in [1.807, 2.05) is 114 Å². The van der Waals surface area contributed by atoms with Crippen LogP contribution in [-0.2, 0) is 0 Å². The normalized spacial score (nSPS) is 10.9. The van der Waals surface area contributed by atoms with E-state index in [2.05, 4.69) is 4.99 Å². The van der Waals surface area contributed by atoms with Crippen molar-refractivity contribution < 1.29 is 5.11 Å². The van der Waals surface area contributed by atoms with Crippen molar-refractivity contribution >= 4 is 29.0 Å². The van der Waals surface area contributed by atoms with Crippen molar-refractivity contribution in [3.63, 3.8) is 0 Å². The second kappa shape index (κ2) is 8.23. The minimum Gasteiger partial charge on any atom is -0.505 e. The summed E-state index contributed by atoms with van der Waals surface area (Å²) >= 11 is 0. The van der Waals surface area contributed by atoms with E-state index in [0.717, 1.165) is 17.1 Å². The number of para-hydroxylation sites is 4. The molecule has 0 bridgehead atoms. The quantitative estimate of drug-likeness (QED) is 0.404. The molecular formula is C25H20N2O. The van der Waals surface area contributed by atoms with Crippen LogP contribution in [0.2, 0.25) is 0 Å². The van der Waals surface area contributed by atoms with Gasteiger partial charge in [-0.1, -0.05) is 60.7 Å². The van der Waals surface area contributed by atoms with Crippen LogP contribution in [-0.4, -0.2) is 11.3 Å². The molecule has 0 saturated heterocycles. The number of aromatic hydroxyl groups is 1. The number of rotatable bonds is 5. The molecule has 4 rings (SSSR count). The van der Waals surface area contributed by atoms with Crippen molar-refractivity contribution in [3.8, 4) is 5.75 Å². The summed E-state index contributed by atoms with van der Waals surface area (Å²) in [6.07, 6.45) is 1.70. The average molecular weight is 364 g/mol. The lowest BCUT2D eigenvalue weighted by Crippen LogP contribution is -2.10. The van der Waals surface area contributed by atoms with Crippen LogP contribution in [0.3, 0.4) is 0 Å². The van der Waals surface area contributed by atoms with Gasteiger partial charge >= 0.3 is 0 Å². The van der Waals surface area contributed by atoms with Crippen LogP contribution >= 0.6 is 0 Å². The van der Waals surface area contributed by atoms with Gasteiger partial charge in [-0.2, -0.15) is 0 Å². The topological polar surface area (TPSA) is 35.8 Å². The first kappa shape index (κ1) is 17.6. The number of phenolic OH excluding ortho intramolecular Hbond substituents is 1. The largest absolute Gasteiger partial charge is 0.505 e. The Balaban J connectivity index is 1.78. The Morgan fingerprint density at radius 2 is 1.14 bits per heavy atom. The van der Waals surface area contributed by atoms with Crippen molar-refractivity contribution in [1.29, 1.82) is 0 Å². The third-order valence-electron chi connectivity index (χ3n) is 4.42. The maximum absolute atomic E-state index is 11.0. The fourth-order valence-electron chi connectivity index (χ4n) is 3.07. The lowest BCUT2D eigenvalue weighted by molar-refractivity contribution is 0.475. The lowest BCUT2D eigenvalue weighted by atomic mass is 10.1. The fourth-order valence-corrected chi connectivity index (χ4v) is 3.07. The molecule has 0 radical (unpaired) electrons. The molecule has 3 nitrogen and oxygen atoms in total. The van der Waals surface area contributed by atoms with Crippen LogP contribution in [0.15, 0.2) is 114 Å². The zero-order valence-corrected chi connectivity index (χ0v) is 15.3. The Morgan fingerprint density at radius 3 is 1.71 bits per heavy atom. The average Bonchev–Trinajstić information content (AvgIpc) is 2.76. The Bertz CT molecular complexity index is 1020. The van der Waals surface area contributed by atoms with E-state index in [4.69, 9.17) is 0 Å². The molecule has 28 heavy (non-hydrogen) atoms. The van der Waals surface area contributed by atoms with Gasteiger partial charge in [-0.15, -0.1) is 0 Å². The van der Waals surface area contributed by atoms with E-state index in [1.54, 1.807) is 6.21 Å². The van der Waals surface area contributed by atoms with E-state index < -0.39 is 0 Å². The highest BCUT2D eigenvalue weighted by Crippen LogP contribution is 2.40. The van der Waals surface area contributed by atoms with E-state index in [9.17, 15) is 5.11 Å². The Hall–Kier alpha value is -3.85. The van der Waals surface area contributed by atoms with E-state index >= 15 is 0 Å². The molecule has 0 heterocycles. The van der Waals surface area contributed by atoms with Gasteiger partial charge in [0.05, 0.1) is 11.4 Å². The molecule has 0 aliphatic rings. The zero-order valence-electron chi connectivity index (χ0n) is 15.3. The molecule has 0 saturated carbocycles. The van der Waals surface area contributed by atoms with E-state index in [0.29, 0.717) is 11.3 Å². The molecule has 4 aromatic rings. The van der Waals surface area contributed by atoms with Crippen molar-refractivity contribution in [2.24, 2.45) is 4.99 Å². The van der Waals surface area contributed by atoms with Gasteiger partial charge in [0.15, 0.2) is 0 Å². The molecule has 0 unspecified atom stereocenters. The van der Waals surface area contributed by atoms with Gasteiger partial charge in [0.25, 0.3) is 0 Å². The lowest BCUT2D eigenvalue weighted by Gasteiger charge is -2.26. The van der Waals surface area contributed by atoms with Crippen LogP contribution in [0.25, 0.3) is 0 Å². The van der Waals surface area contributed by atoms with Crippen molar-refractivity contribution in [2.45, 2.75) is 0 Å². The summed E-state index contributed by atoms with van der Waals surface area (Å²) < 4.78 is 0. The van der Waals surface area contributed by atoms with E-state index in [1.165, 1.54) is 0 Å². The smallest absolute Gasteiger partial charge is 0.148 e. The summed E-state index contributed by atoms with van der Waals surface area (Å²) in [6.45, 7) is 0. The van der Waals surface area contributed by atoms with Crippen molar-refractivity contribution in [2.75, 3.05) is 4.90 Å². The van der Waals surface area contributed by atoms with Crippen LogP contribution in [0.5, 0.6) is 5.75 Å². The molecule has 0 spiro atoms. The number of aliphatic imine (C=N–C) groups is 1. The summed E-state index contributed by atoms with van der Waals surface area (Å²) in [6, 6.07) is 35.4. The summed E-state index contributed by atoms with van der Waals surface area (Å²) in [5, 5.41) is 11.0. The van der Waals surface area contributed by atoms with Gasteiger partial charge in [-0.3, -0.25) is 4.99 Å². The minimum atomic E-state index is 0.190. The molecule has 136 valence electrons. The zero-order chi connectivity index (χ0) is 19.2. The van der Waals surface area contributed by atoms with Crippen LogP contribution in [0, 0.1) is 0 Å². The molecule has 0 aliphatic heterocycles. The van der Waals surface area contributed by atoms with Crippen molar-refractivity contribution in [1.82, 2.24) is 0 Å². The molecule has 0 aliphatic carbocycles. The van der Waals surface area contributed by atoms with Crippen LogP contribution in [0.4, 0.5) is 22.7 Å². The Morgan fingerprint density at radius 1 is 0.607 bits per heavy atom.